The standard InChI is InChI=1S/C16H18FN5O3/c17-13-7-11(10-20-16(13)21-3-5-25-6-4-21)9-19-14-8-12(18)1-2-15(14)22(23)24/h1-2,7-8,10,19H,3-6,9,18H2. The first-order chi connectivity index (χ1) is 12.0. The maximum absolute atomic E-state index is 14.3. The fraction of sp³-hybridized carbons (Fsp3) is 0.312. The van der Waals surface area contributed by atoms with E-state index in [1.165, 1.54) is 24.3 Å². The summed E-state index contributed by atoms with van der Waals surface area (Å²) in [4.78, 5) is 16.6. The van der Waals surface area contributed by atoms with Crippen molar-refractivity contribution < 1.29 is 14.1 Å². The maximum atomic E-state index is 14.3. The first-order valence-corrected chi connectivity index (χ1v) is 7.79. The van der Waals surface area contributed by atoms with Crippen LogP contribution < -0.4 is 16.0 Å². The molecular formula is C16H18FN5O3. The maximum Gasteiger partial charge on any atom is 0.292 e. The number of hydrogen-bond donors (Lipinski definition) is 2. The summed E-state index contributed by atoms with van der Waals surface area (Å²) in [7, 11) is 0. The van der Waals surface area contributed by atoms with E-state index in [0.29, 0.717) is 43.4 Å². The second-order valence-electron chi connectivity index (χ2n) is 5.64. The van der Waals surface area contributed by atoms with Crippen LogP contribution in [-0.4, -0.2) is 36.2 Å². The molecule has 0 atom stereocenters. The van der Waals surface area contributed by atoms with Gasteiger partial charge in [-0.2, -0.15) is 0 Å². The Bertz CT molecular complexity index is 780. The summed E-state index contributed by atoms with van der Waals surface area (Å²) < 4.78 is 19.6. The molecule has 132 valence electrons. The number of nitrogens with zero attached hydrogens (tertiary/aromatic N) is 3. The lowest BCUT2D eigenvalue weighted by Crippen LogP contribution is -2.37. The second kappa shape index (κ2) is 7.31. The van der Waals surface area contributed by atoms with Gasteiger partial charge in [0.1, 0.15) is 5.69 Å². The molecule has 0 spiro atoms. The highest BCUT2D eigenvalue weighted by atomic mass is 19.1. The van der Waals surface area contributed by atoms with E-state index in [4.69, 9.17) is 10.5 Å². The predicted octanol–water partition coefficient (Wildman–Crippen LogP) is 2.16. The molecule has 1 aliphatic heterocycles. The first kappa shape index (κ1) is 16.9. The largest absolute Gasteiger partial charge is 0.399 e. The predicted molar refractivity (Wildman–Crippen MR) is 92.1 cm³/mol. The molecule has 3 N–H and O–H groups in total. The van der Waals surface area contributed by atoms with Gasteiger partial charge in [0.2, 0.25) is 0 Å². The van der Waals surface area contributed by atoms with E-state index in [1.54, 1.807) is 6.20 Å². The Hall–Kier alpha value is -2.94. The summed E-state index contributed by atoms with van der Waals surface area (Å²) >= 11 is 0. The molecule has 2 aromatic rings. The topological polar surface area (TPSA) is 107 Å². The molecule has 1 aliphatic rings. The molecule has 1 fully saturated rings. The molecule has 2 heterocycles. The summed E-state index contributed by atoms with van der Waals surface area (Å²) in [6.45, 7) is 2.47. The number of hydrogen-bond acceptors (Lipinski definition) is 7. The van der Waals surface area contributed by atoms with Gasteiger partial charge in [-0.1, -0.05) is 0 Å². The molecule has 8 nitrogen and oxygen atoms in total. The molecule has 0 bridgehead atoms. The number of halogens is 1. The second-order valence-corrected chi connectivity index (χ2v) is 5.64. The Morgan fingerprint density at radius 3 is 2.80 bits per heavy atom. The lowest BCUT2D eigenvalue weighted by Gasteiger charge is -2.28. The number of rotatable bonds is 5. The van der Waals surface area contributed by atoms with E-state index >= 15 is 0 Å². The van der Waals surface area contributed by atoms with Crippen LogP contribution in [0.2, 0.25) is 0 Å². The highest BCUT2D eigenvalue weighted by molar-refractivity contribution is 5.67. The zero-order valence-electron chi connectivity index (χ0n) is 13.4. The fourth-order valence-electron chi connectivity index (χ4n) is 2.63. The lowest BCUT2D eigenvalue weighted by atomic mass is 10.2. The molecule has 1 aromatic carbocycles. The fourth-order valence-corrected chi connectivity index (χ4v) is 2.63. The number of nitro groups is 1. The number of anilines is 3. The van der Waals surface area contributed by atoms with Gasteiger partial charge in [-0.25, -0.2) is 9.37 Å². The Labute approximate surface area is 143 Å². The Kier molecular flexibility index (Phi) is 4.94. The van der Waals surface area contributed by atoms with Gasteiger partial charge in [0.05, 0.1) is 18.1 Å². The van der Waals surface area contributed by atoms with Crippen molar-refractivity contribution >= 4 is 22.9 Å². The molecule has 1 saturated heterocycles. The summed E-state index contributed by atoms with van der Waals surface area (Å²) in [5.41, 5.74) is 6.84. The van der Waals surface area contributed by atoms with Gasteiger partial charge in [-0.15, -0.1) is 0 Å². The van der Waals surface area contributed by atoms with Crippen LogP contribution in [0.3, 0.4) is 0 Å². The highest BCUT2D eigenvalue weighted by Gasteiger charge is 2.17. The van der Waals surface area contributed by atoms with Crippen LogP contribution in [-0.2, 0) is 11.3 Å². The molecule has 0 aliphatic carbocycles. The monoisotopic (exact) mass is 347 g/mol. The van der Waals surface area contributed by atoms with Gasteiger partial charge in [0.15, 0.2) is 11.6 Å². The van der Waals surface area contributed by atoms with Crippen molar-refractivity contribution in [3.8, 4) is 0 Å². The number of nitro benzene ring substituents is 1. The number of ether oxygens (including phenoxy) is 1. The minimum atomic E-state index is -0.498. The van der Waals surface area contributed by atoms with Crippen molar-refractivity contribution in [2.75, 3.05) is 42.3 Å². The molecule has 25 heavy (non-hydrogen) atoms. The summed E-state index contributed by atoms with van der Waals surface area (Å²) in [6, 6.07) is 5.65. The van der Waals surface area contributed by atoms with Gasteiger partial charge in [-0.3, -0.25) is 10.1 Å². The molecule has 0 amide bonds. The van der Waals surface area contributed by atoms with E-state index < -0.39 is 10.7 Å². The Balaban J connectivity index is 1.73. The number of aromatic nitrogens is 1. The smallest absolute Gasteiger partial charge is 0.292 e. The van der Waals surface area contributed by atoms with Crippen molar-refractivity contribution in [1.29, 1.82) is 0 Å². The molecule has 1 aromatic heterocycles. The van der Waals surface area contributed by atoms with Crippen molar-refractivity contribution in [3.63, 3.8) is 0 Å². The number of benzene rings is 1. The number of morpholine rings is 1. The quantitative estimate of drug-likeness (QED) is 0.485. The number of nitrogens with two attached hydrogens (primary N) is 1. The SMILES string of the molecule is Nc1ccc([N+](=O)[O-])c(NCc2cnc(N3CCOCC3)c(F)c2)c1. The molecule has 0 radical (unpaired) electrons. The third kappa shape index (κ3) is 3.94. The zero-order chi connectivity index (χ0) is 17.8. The number of pyridine rings is 1. The van der Waals surface area contributed by atoms with Gasteiger partial charge in [0, 0.05) is 37.6 Å². The number of nitrogens with one attached hydrogen (secondary N) is 1. The third-order valence-electron chi connectivity index (χ3n) is 3.89. The summed E-state index contributed by atoms with van der Waals surface area (Å²) in [5, 5.41) is 14.0. The lowest BCUT2D eigenvalue weighted by molar-refractivity contribution is -0.383. The third-order valence-corrected chi connectivity index (χ3v) is 3.89. The van der Waals surface area contributed by atoms with Crippen LogP contribution in [0, 0.1) is 15.9 Å². The molecule has 3 rings (SSSR count). The van der Waals surface area contributed by atoms with Gasteiger partial charge >= 0.3 is 0 Å². The summed E-state index contributed by atoms with van der Waals surface area (Å²) in [5.74, 6) is -0.134. The van der Waals surface area contributed by atoms with E-state index in [9.17, 15) is 14.5 Å². The van der Waals surface area contributed by atoms with E-state index in [2.05, 4.69) is 10.3 Å². The van der Waals surface area contributed by atoms with Crippen LogP contribution in [0.15, 0.2) is 30.5 Å². The van der Waals surface area contributed by atoms with Gasteiger partial charge in [0.25, 0.3) is 5.69 Å². The zero-order valence-corrected chi connectivity index (χ0v) is 13.4. The van der Waals surface area contributed by atoms with Crippen LogP contribution in [0.25, 0.3) is 0 Å². The van der Waals surface area contributed by atoms with Crippen LogP contribution in [0.4, 0.5) is 27.3 Å². The van der Waals surface area contributed by atoms with Crippen LogP contribution in [0.5, 0.6) is 0 Å². The molecular weight excluding hydrogens is 329 g/mol. The number of nitrogen functional groups attached to an aromatic ring is 1. The van der Waals surface area contributed by atoms with Crippen LogP contribution >= 0.6 is 0 Å². The normalized spacial score (nSPS) is 14.4. The molecule has 0 saturated carbocycles. The first-order valence-electron chi connectivity index (χ1n) is 7.79. The molecule has 0 unspecified atom stereocenters. The minimum absolute atomic E-state index is 0.0902. The Morgan fingerprint density at radius 2 is 2.12 bits per heavy atom. The van der Waals surface area contributed by atoms with Crippen molar-refractivity contribution in [1.82, 2.24) is 4.98 Å². The summed E-state index contributed by atoms with van der Waals surface area (Å²) in [6.07, 6.45) is 1.55. The Morgan fingerprint density at radius 1 is 1.36 bits per heavy atom. The molecule has 9 heteroatoms. The highest BCUT2D eigenvalue weighted by Crippen LogP contribution is 2.27. The van der Waals surface area contributed by atoms with E-state index in [0.717, 1.165) is 0 Å². The van der Waals surface area contributed by atoms with Crippen molar-refractivity contribution in [2.24, 2.45) is 0 Å². The van der Waals surface area contributed by atoms with Crippen LogP contribution in [0.1, 0.15) is 5.56 Å². The average molecular weight is 347 g/mol. The van der Waals surface area contributed by atoms with E-state index in [1.807, 2.05) is 4.90 Å². The van der Waals surface area contributed by atoms with Crippen molar-refractivity contribution in [2.45, 2.75) is 6.54 Å². The van der Waals surface area contributed by atoms with Gasteiger partial charge < -0.3 is 20.7 Å². The average Bonchev–Trinajstić information content (AvgIpc) is 2.60. The van der Waals surface area contributed by atoms with Gasteiger partial charge in [-0.05, 0) is 23.8 Å². The van der Waals surface area contributed by atoms with E-state index in [-0.39, 0.29) is 17.9 Å². The minimum Gasteiger partial charge on any atom is -0.399 e. The van der Waals surface area contributed by atoms with Crippen molar-refractivity contribution in [3.05, 3.63) is 52.0 Å².